The fraction of sp³-hybridized carbons (Fsp3) is 0.417. The van der Waals surface area contributed by atoms with E-state index in [0.29, 0.717) is 0 Å². The molecule has 1 aliphatic carbocycles. The Hall–Kier alpha value is -1.67. The highest BCUT2D eigenvalue weighted by Gasteiger charge is 2.28. The Morgan fingerprint density at radius 1 is 1.45 bits per heavy atom. The second-order valence-corrected chi connectivity index (χ2v) is 6.07. The minimum atomic E-state index is -3.71. The lowest BCUT2D eigenvalue weighted by atomic mass is 10.3. The van der Waals surface area contributed by atoms with Crippen LogP contribution in [0.25, 0.3) is 0 Å². The van der Waals surface area contributed by atoms with Crippen molar-refractivity contribution >= 4 is 16.0 Å². The van der Waals surface area contributed by atoms with Crippen molar-refractivity contribution < 1.29 is 27.1 Å². The summed E-state index contributed by atoms with van der Waals surface area (Å²) >= 11 is 0. The monoisotopic (exact) mass is 303 g/mol. The van der Waals surface area contributed by atoms with Gasteiger partial charge in [-0.1, -0.05) is 0 Å². The Kier molecular flexibility index (Phi) is 4.24. The molecule has 0 radical (unpaired) electrons. The molecule has 1 N–H and O–H groups in total. The molecule has 1 aliphatic rings. The van der Waals surface area contributed by atoms with Crippen LogP contribution in [0.3, 0.4) is 0 Å². The molecule has 0 saturated heterocycles. The van der Waals surface area contributed by atoms with Crippen LogP contribution >= 0.6 is 0 Å². The molecule has 110 valence electrons. The zero-order valence-corrected chi connectivity index (χ0v) is 11.6. The third-order valence-corrected chi connectivity index (χ3v) is 4.20. The van der Waals surface area contributed by atoms with Gasteiger partial charge in [0.2, 0.25) is 10.0 Å². The predicted molar refractivity (Wildman–Crippen MR) is 67.3 cm³/mol. The number of hydrogen-bond donors (Lipinski definition) is 1. The third-order valence-electron chi connectivity index (χ3n) is 2.69. The number of hydrogen-bond acceptors (Lipinski definition) is 5. The Labute approximate surface area is 115 Å². The Morgan fingerprint density at radius 2 is 2.15 bits per heavy atom. The first-order valence-electron chi connectivity index (χ1n) is 5.94. The lowest BCUT2D eigenvalue weighted by molar-refractivity contribution is -0.142. The first-order chi connectivity index (χ1) is 9.42. The zero-order valence-electron chi connectivity index (χ0n) is 10.8. The van der Waals surface area contributed by atoms with Crippen molar-refractivity contribution in [3.63, 3.8) is 0 Å². The van der Waals surface area contributed by atoms with Crippen LogP contribution in [-0.4, -0.2) is 34.1 Å². The van der Waals surface area contributed by atoms with E-state index in [0.717, 1.165) is 18.9 Å². The molecular weight excluding hydrogens is 289 g/mol. The number of rotatable bonds is 6. The summed E-state index contributed by atoms with van der Waals surface area (Å²) in [4.78, 5) is 10.7. The average Bonchev–Trinajstić information content (AvgIpc) is 3.20. The van der Waals surface area contributed by atoms with Crippen molar-refractivity contribution in [3.05, 3.63) is 24.0 Å². The second-order valence-electron chi connectivity index (χ2n) is 4.35. The number of carbonyl (C=O) groups is 1. The number of halogens is 1. The van der Waals surface area contributed by atoms with E-state index in [-0.39, 0.29) is 16.7 Å². The van der Waals surface area contributed by atoms with E-state index in [1.165, 1.54) is 19.2 Å². The van der Waals surface area contributed by atoms with E-state index in [2.05, 4.69) is 9.46 Å². The van der Waals surface area contributed by atoms with Crippen molar-refractivity contribution in [2.45, 2.75) is 23.8 Å². The molecule has 8 heteroatoms. The number of methoxy groups -OCH3 is 1. The quantitative estimate of drug-likeness (QED) is 0.787. The normalized spacial score (nSPS) is 14.9. The topological polar surface area (TPSA) is 81.7 Å². The first kappa shape index (κ1) is 14.7. The van der Waals surface area contributed by atoms with Crippen molar-refractivity contribution in [1.29, 1.82) is 0 Å². The average molecular weight is 303 g/mol. The maximum atomic E-state index is 13.7. The predicted octanol–water partition coefficient (Wildman–Crippen LogP) is 0.818. The number of esters is 1. The largest absolute Gasteiger partial charge is 0.479 e. The van der Waals surface area contributed by atoms with Gasteiger partial charge in [-0.2, -0.15) is 0 Å². The maximum absolute atomic E-state index is 13.7. The summed E-state index contributed by atoms with van der Waals surface area (Å²) in [6.45, 7) is -0.445. The van der Waals surface area contributed by atoms with Crippen LogP contribution in [0.4, 0.5) is 4.39 Å². The van der Waals surface area contributed by atoms with Crippen LogP contribution < -0.4 is 9.46 Å². The fourth-order valence-corrected chi connectivity index (χ4v) is 2.77. The molecule has 1 saturated carbocycles. The van der Waals surface area contributed by atoms with E-state index >= 15 is 0 Å². The molecule has 0 bridgehead atoms. The van der Waals surface area contributed by atoms with E-state index in [9.17, 15) is 17.6 Å². The summed E-state index contributed by atoms with van der Waals surface area (Å²) in [7, 11) is -2.53. The third kappa shape index (κ3) is 3.67. The van der Waals surface area contributed by atoms with Gasteiger partial charge in [0.05, 0.1) is 12.0 Å². The summed E-state index contributed by atoms with van der Waals surface area (Å²) in [6, 6.07) is 3.19. The number of ether oxygens (including phenoxy) is 2. The van der Waals surface area contributed by atoms with Gasteiger partial charge >= 0.3 is 5.97 Å². The smallest absolute Gasteiger partial charge is 0.343 e. The standard InChI is InChI=1S/C12H14FNO5S/c1-18-12(15)7-19-11-5-4-9(6-10(11)13)20(16,17)14-8-2-3-8/h4-6,8,14H,2-3,7H2,1H3. The molecule has 20 heavy (non-hydrogen) atoms. The fourth-order valence-electron chi connectivity index (χ4n) is 1.45. The molecule has 0 aliphatic heterocycles. The van der Waals surface area contributed by atoms with E-state index < -0.39 is 28.4 Å². The SMILES string of the molecule is COC(=O)COc1ccc(S(=O)(=O)NC2CC2)cc1F. The first-order valence-corrected chi connectivity index (χ1v) is 7.42. The molecular formula is C12H14FNO5S. The van der Waals surface area contributed by atoms with Gasteiger partial charge in [-0.05, 0) is 31.0 Å². The maximum Gasteiger partial charge on any atom is 0.343 e. The van der Waals surface area contributed by atoms with Gasteiger partial charge in [0.25, 0.3) is 0 Å². The van der Waals surface area contributed by atoms with Gasteiger partial charge in [-0.25, -0.2) is 22.3 Å². The summed E-state index contributed by atoms with van der Waals surface area (Å²) < 4.78 is 49.1. The lowest BCUT2D eigenvalue weighted by Gasteiger charge is -2.09. The Bertz CT molecular complexity index is 612. The number of benzene rings is 1. The van der Waals surface area contributed by atoms with Crippen LogP contribution in [0, 0.1) is 5.82 Å². The highest BCUT2D eigenvalue weighted by Crippen LogP contribution is 2.25. The number of sulfonamides is 1. The van der Waals surface area contributed by atoms with Gasteiger partial charge < -0.3 is 9.47 Å². The van der Waals surface area contributed by atoms with Crippen molar-refractivity contribution in [2.24, 2.45) is 0 Å². The molecule has 0 heterocycles. The van der Waals surface area contributed by atoms with Gasteiger partial charge in [0, 0.05) is 6.04 Å². The molecule has 0 amide bonds. The highest BCUT2D eigenvalue weighted by atomic mass is 32.2. The number of carbonyl (C=O) groups excluding carboxylic acids is 1. The molecule has 0 atom stereocenters. The van der Waals surface area contributed by atoms with Crippen molar-refractivity contribution in [1.82, 2.24) is 4.72 Å². The molecule has 0 aromatic heterocycles. The zero-order chi connectivity index (χ0) is 14.8. The van der Waals surface area contributed by atoms with Crippen LogP contribution in [0.15, 0.2) is 23.1 Å². The van der Waals surface area contributed by atoms with Gasteiger partial charge in [-0.15, -0.1) is 0 Å². The van der Waals surface area contributed by atoms with Crippen LogP contribution in [0.5, 0.6) is 5.75 Å². The Balaban J connectivity index is 2.10. The number of nitrogens with one attached hydrogen (secondary N) is 1. The molecule has 1 aromatic carbocycles. The van der Waals surface area contributed by atoms with E-state index in [4.69, 9.17) is 4.74 Å². The Morgan fingerprint density at radius 3 is 2.70 bits per heavy atom. The molecule has 6 nitrogen and oxygen atoms in total. The molecule has 0 spiro atoms. The molecule has 1 aromatic rings. The van der Waals surface area contributed by atoms with Crippen molar-refractivity contribution in [2.75, 3.05) is 13.7 Å². The van der Waals surface area contributed by atoms with Gasteiger partial charge in [0.15, 0.2) is 18.2 Å². The van der Waals surface area contributed by atoms with Gasteiger partial charge in [-0.3, -0.25) is 0 Å². The summed E-state index contributed by atoms with van der Waals surface area (Å²) in [5.41, 5.74) is 0. The van der Waals surface area contributed by atoms with Gasteiger partial charge in [0.1, 0.15) is 0 Å². The molecule has 1 fully saturated rings. The summed E-state index contributed by atoms with van der Waals surface area (Å²) in [6.07, 6.45) is 1.59. The van der Waals surface area contributed by atoms with Crippen LogP contribution in [-0.2, 0) is 19.6 Å². The second kappa shape index (κ2) is 5.76. The molecule has 2 rings (SSSR count). The highest BCUT2D eigenvalue weighted by molar-refractivity contribution is 7.89. The molecule has 0 unspecified atom stereocenters. The van der Waals surface area contributed by atoms with E-state index in [1.54, 1.807) is 0 Å². The summed E-state index contributed by atoms with van der Waals surface area (Å²) in [5, 5.41) is 0. The minimum absolute atomic E-state index is 0.0571. The van der Waals surface area contributed by atoms with Crippen LogP contribution in [0.1, 0.15) is 12.8 Å². The van der Waals surface area contributed by atoms with Crippen molar-refractivity contribution in [3.8, 4) is 5.75 Å². The van der Waals surface area contributed by atoms with E-state index in [1.807, 2.05) is 0 Å². The van der Waals surface area contributed by atoms with Crippen LogP contribution in [0.2, 0.25) is 0 Å². The minimum Gasteiger partial charge on any atom is -0.479 e. The summed E-state index contributed by atoms with van der Waals surface area (Å²) in [5.74, 6) is -1.72. The lowest BCUT2D eigenvalue weighted by Crippen LogP contribution is -2.25.